The van der Waals surface area contributed by atoms with E-state index in [1.807, 2.05) is 11.6 Å². The Kier molecular flexibility index (Phi) is 4.12. The number of rotatable bonds is 5. The van der Waals surface area contributed by atoms with E-state index in [-0.39, 0.29) is 11.0 Å². The maximum Gasteiger partial charge on any atom is 0.109 e. The van der Waals surface area contributed by atoms with Gasteiger partial charge in [-0.1, -0.05) is 20.8 Å². The van der Waals surface area contributed by atoms with Crippen LogP contribution < -0.4 is 11.1 Å². The molecule has 4 nitrogen and oxygen atoms in total. The molecule has 2 fully saturated rings. The minimum Gasteiger partial charge on any atom is -0.377 e. The SMILES string of the molecule is CCC(NCC1(N)C2CCCOC2C1(C)C)c1nccs1. The molecule has 1 saturated heterocycles. The van der Waals surface area contributed by atoms with Crippen LogP contribution in [0.3, 0.4) is 0 Å². The van der Waals surface area contributed by atoms with Gasteiger partial charge in [0.15, 0.2) is 0 Å². The van der Waals surface area contributed by atoms with E-state index in [1.165, 1.54) is 6.42 Å². The van der Waals surface area contributed by atoms with Gasteiger partial charge in [0.05, 0.1) is 12.1 Å². The van der Waals surface area contributed by atoms with Gasteiger partial charge in [0.2, 0.25) is 0 Å². The van der Waals surface area contributed by atoms with Crippen molar-refractivity contribution in [3.63, 3.8) is 0 Å². The van der Waals surface area contributed by atoms with E-state index in [0.717, 1.165) is 31.0 Å². The number of hydrogen-bond donors (Lipinski definition) is 2. The van der Waals surface area contributed by atoms with Crippen LogP contribution in [0.15, 0.2) is 11.6 Å². The fourth-order valence-corrected chi connectivity index (χ4v) is 4.93. The first-order valence-corrected chi connectivity index (χ1v) is 8.92. The molecule has 4 atom stereocenters. The van der Waals surface area contributed by atoms with Gasteiger partial charge >= 0.3 is 0 Å². The highest BCUT2D eigenvalue weighted by molar-refractivity contribution is 7.09. The minimum absolute atomic E-state index is 0.0340. The van der Waals surface area contributed by atoms with Gasteiger partial charge in [-0.15, -0.1) is 11.3 Å². The molecule has 3 rings (SSSR count). The Bertz CT molecular complexity index is 476. The van der Waals surface area contributed by atoms with Crippen molar-refractivity contribution in [3.8, 4) is 0 Å². The Morgan fingerprint density at radius 2 is 2.38 bits per heavy atom. The van der Waals surface area contributed by atoms with Gasteiger partial charge in [-0.05, 0) is 19.3 Å². The predicted octanol–water partition coefficient (Wildman–Crippen LogP) is 2.72. The summed E-state index contributed by atoms with van der Waals surface area (Å²) in [5, 5.41) is 6.87. The van der Waals surface area contributed by atoms with E-state index < -0.39 is 0 Å². The summed E-state index contributed by atoms with van der Waals surface area (Å²) in [5.41, 5.74) is 6.69. The molecule has 118 valence electrons. The first kappa shape index (κ1) is 15.4. The van der Waals surface area contributed by atoms with Crippen LogP contribution in [0.5, 0.6) is 0 Å². The fraction of sp³-hybridized carbons (Fsp3) is 0.812. The molecule has 1 aromatic heterocycles. The van der Waals surface area contributed by atoms with E-state index in [9.17, 15) is 0 Å². The number of nitrogens with zero attached hydrogens (tertiary/aromatic N) is 1. The maximum absolute atomic E-state index is 6.83. The van der Waals surface area contributed by atoms with Crippen LogP contribution in [0.1, 0.15) is 51.1 Å². The lowest BCUT2D eigenvalue weighted by Crippen LogP contribution is -2.80. The molecule has 2 aliphatic rings. The fourth-order valence-electron chi connectivity index (χ4n) is 4.13. The highest BCUT2D eigenvalue weighted by atomic mass is 32.1. The molecule has 0 bridgehead atoms. The van der Waals surface area contributed by atoms with Gasteiger partial charge in [0.1, 0.15) is 5.01 Å². The van der Waals surface area contributed by atoms with Gasteiger partial charge in [-0.3, -0.25) is 0 Å². The molecule has 1 saturated carbocycles. The maximum atomic E-state index is 6.83. The van der Waals surface area contributed by atoms with Gasteiger partial charge in [0.25, 0.3) is 0 Å². The van der Waals surface area contributed by atoms with Crippen LogP contribution in [-0.2, 0) is 4.74 Å². The van der Waals surface area contributed by atoms with Gasteiger partial charge < -0.3 is 15.8 Å². The highest BCUT2D eigenvalue weighted by Crippen LogP contribution is 2.57. The lowest BCUT2D eigenvalue weighted by Gasteiger charge is -2.66. The third-order valence-electron chi connectivity index (χ3n) is 5.69. The molecule has 4 unspecified atom stereocenters. The number of ether oxygens (including phenoxy) is 1. The molecule has 2 heterocycles. The monoisotopic (exact) mass is 309 g/mol. The quantitative estimate of drug-likeness (QED) is 0.878. The van der Waals surface area contributed by atoms with E-state index in [2.05, 4.69) is 31.1 Å². The molecule has 5 heteroatoms. The second-order valence-electron chi connectivity index (χ2n) is 7.01. The lowest BCUT2D eigenvalue weighted by atomic mass is 9.46. The van der Waals surface area contributed by atoms with Crippen molar-refractivity contribution in [1.82, 2.24) is 10.3 Å². The van der Waals surface area contributed by atoms with Crippen LogP contribution in [-0.4, -0.2) is 29.8 Å². The number of thiazole rings is 1. The largest absolute Gasteiger partial charge is 0.377 e. The van der Waals surface area contributed by atoms with Crippen molar-refractivity contribution in [1.29, 1.82) is 0 Å². The summed E-state index contributed by atoms with van der Waals surface area (Å²) in [7, 11) is 0. The Balaban J connectivity index is 1.68. The van der Waals surface area contributed by atoms with Crippen molar-refractivity contribution in [2.45, 2.75) is 57.7 Å². The molecule has 0 aromatic carbocycles. The summed E-state index contributed by atoms with van der Waals surface area (Å²) < 4.78 is 5.97. The summed E-state index contributed by atoms with van der Waals surface area (Å²) >= 11 is 1.72. The van der Waals surface area contributed by atoms with Crippen LogP contribution in [0.25, 0.3) is 0 Å². The smallest absolute Gasteiger partial charge is 0.109 e. The molecule has 3 N–H and O–H groups in total. The van der Waals surface area contributed by atoms with Crippen LogP contribution in [0.2, 0.25) is 0 Å². The van der Waals surface area contributed by atoms with Crippen LogP contribution in [0.4, 0.5) is 0 Å². The van der Waals surface area contributed by atoms with Crippen molar-refractivity contribution in [2.24, 2.45) is 17.1 Å². The third-order valence-corrected chi connectivity index (χ3v) is 6.58. The standard InChI is InChI=1S/C16H27N3OS/c1-4-12(14-18-7-9-21-14)19-10-16(17)11-6-5-8-20-13(11)15(16,2)3/h7,9,11-13,19H,4-6,8,10,17H2,1-3H3. The second-order valence-corrected chi connectivity index (χ2v) is 7.94. The van der Waals surface area contributed by atoms with Crippen molar-refractivity contribution >= 4 is 11.3 Å². The van der Waals surface area contributed by atoms with Crippen molar-refractivity contribution < 1.29 is 4.74 Å². The van der Waals surface area contributed by atoms with Gasteiger partial charge in [0, 0.05) is 41.6 Å². The summed E-state index contributed by atoms with van der Waals surface area (Å²) in [4.78, 5) is 4.44. The summed E-state index contributed by atoms with van der Waals surface area (Å²) in [6.45, 7) is 8.44. The van der Waals surface area contributed by atoms with E-state index >= 15 is 0 Å². The molecule has 0 spiro atoms. The zero-order chi connectivity index (χ0) is 15.1. The van der Waals surface area contributed by atoms with Crippen molar-refractivity contribution in [3.05, 3.63) is 16.6 Å². The third kappa shape index (κ3) is 2.34. The molecule has 1 aliphatic heterocycles. The number of fused-ring (bicyclic) bond motifs is 1. The van der Waals surface area contributed by atoms with Crippen LogP contribution in [0, 0.1) is 11.3 Å². The lowest BCUT2D eigenvalue weighted by molar-refractivity contribution is -0.226. The van der Waals surface area contributed by atoms with E-state index in [1.54, 1.807) is 11.3 Å². The molecule has 0 radical (unpaired) electrons. The zero-order valence-electron chi connectivity index (χ0n) is 13.3. The Morgan fingerprint density at radius 1 is 1.57 bits per heavy atom. The molecular formula is C16H27N3OS. The van der Waals surface area contributed by atoms with Gasteiger partial charge in [-0.25, -0.2) is 4.98 Å². The number of nitrogens with one attached hydrogen (secondary N) is 1. The first-order valence-electron chi connectivity index (χ1n) is 8.04. The first-order chi connectivity index (χ1) is 10.0. The van der Waals surface area contributed by atoms with Gasteiger partial charge in [-0.2, -0.15) is 0 Å². The highest BCUT2D eigenvalue weighted by Gasteiger charge is 2.66. The summed E-state index contributed by atoms with van der Waals surface area (Å²) in [6, 6.07) is 0.310. The summed E-state index contributed by atoms with van der Waals surface area (Å²) in [6.07, 6.45) is 5.58. The molecular weight excluding hydrogens is 282 g/mol. The number of nitrogens with two attached hydrogens (primary N) is 1. The minimum atomic E-state index is -0.178. The summed E-state index contributed by atoms with van der Waals surface area (Å²) in [5.74, 6) is 0.488. The van der Waals surface area contributed by atoms with E-state index in [4.69, 9.17) is 10.5 Å². The molecule has 0 amide bonds. The van der Waals surface area contributed by atoms with Crippen molar-refractivity contribution in [2.75, 3.05) is 13.2 Å². The Labute approximate surface area is 131 Å². The predicted molar refractivity (Wildman–Crippen MR) is 86.3 cm³/mol. The average Bonchev–Trinajstić information content (AvgIpc) is 3.02. The number of hydrogen-bond acceptors (Lipinski definition) is 5. The Hall–Kier alpha value is -0.490. The molecule has 21 heavy (non-hydrogen) atoms. The average molecular weight is 309 g/mol. The Morgan fingerprint density at radius 3 is 3.05 bits per heavy atom. The normalized spacial score (nSPS) is 35.8. The number of aromatic nitrogens is 1. The zero-order valence-corrected chi connectivity index (χ0v) is 14.1. The molecule has 1 aliphatic carbocycles. The second kappa shape index (κ2) is 5.61. The van der Waals surface area contributed by atoms with E-state index in [0.29, 0.717) is 18.1 Å². The van der Waals surface area contributed by atoms with Crippen LogP contribution >= 0.6 is 11.3 Å². The molecule has 1 aromatic rings. The topological polar surface area (TPSA) is 60.2 Å².